The predicted octanol–water partition coefficient (Wildman–Crippen LogP) is 10.1. The van der Waals surface area contributed by atoms with Crippen LogP contribution in [0.15, 0.2) is 66.7 Å². The molecule has 9 heteroatoms. The number of epoxide rings is 1. The second-order valence-electron chi connectivity index (χ2n) is 16.3. The van der Waals surface area contributed by atoms with Gasteiger partial charge in [-0.3, -0.25) is 0 Å². The minimum atomic E-state index is -2.00. The lowest BCUT2D eigenvalue weighted by molar-refractivity contribution is 0.0151. The molecule has 0 amide bonds. The molecule has 51 heavy (non-hydrogen) atoms. The molecule has 0 saturated carbocycles. The molecule has 0 bridgehead atoms. The van der Waals surface area contributed by atoms with E-state index in [1.165, 1.54) is 0 Å². The van der Waals surface area contributed by atoms with E-state index in [4.69, 9.17) is 27.8 Å². The molecule has 0 aromatic heterocycles. The highest BCUT2D eigenvalue weighted by molar-refractivity contribution is 6.74. The molecule has 0 aliphatic carbocycles. The summed E-state index contributed by atoms with van der Waals surface area (Å²) >= 11 is 0. The number of rotatable bonds is 24. The molecule has 1 aliphatic rings. The van der Waals surface area contributed by atoms with Crippen LogP contribution in [0.2, 0.25) is 36.3 Å². The fourth-order valence-corrected chi connectivity index (χ4v) is 10.6. The van der Waals surface area contributed by atoms with Gasteiger partial charge in [0.2, 0.25) is 0 Å². The van der Waals surface area contributed by atoms with E-state index in [1.54, 1.807) is 7.11 Å². The van der Waals surface area contributed by atoms with Crippen molar-refractivity contribution in [1.82, 2.24) is 0 Å². The molecule has 1 N–H and O–H groups in total. The number of methoxy groups -OCH3 is 1. The monoisotopic (exact) mass is 742 g/mol. The Balaban J connectivity index is 1.57. The van der Waals surface area contributed by atoms with Crippen LogP contribution in [0.4, 0.5) is 0 Å². The van der Waals surface area contributed by atoms with Crippen LogP contribution >= 0.6 is 0 Å². The first kappa shape index (κ1) is 43.6. The van der Waals surface area contributed by atoms with E-state index >= 15 is 0 Å². The SMILES string of the molecule is CC[Si](CC)(CC)O[C@@H](COCc1ccccc1)C[C@H](C)C(O)/C=C/[C@@]1(C)O[C@@H]1CC[C@@H](COCc1ccc(OC)cc1)O[Si](C)(C)C(C)(C)C. The summed E-state index contributed by atoms with van der Waals surface area (Å²) in [4.78, 5) is 0. The first-order valence-corrected chi connectivity index (χ1v) is 24.8. The van der Waals surface area contributed by atoms with E-state index in [9.17, 15) is 5.11 Å². The Morgan fingerprint density at radius 3 is 1.98 bits per heavy atom. The number of hydrogen-bond acceptors (Lipinski definition) is 7. The topological polar surface area (TPSA) is 78.9 Å². The van der Waals surface area contributed by atoms with Crippen molar-refractivity contribution >= 4 is 16.6 Å². The fourth-order valence-electron chi connectivity index (χ4n) is 6.32. The summed E-state index contributed by atoms with van der Waals surface area (Å²) < 4.78 is 37.7. The van der Waals surface area contributed by atoms with E-state index in [2.05, 4.69) is 86.7 Å². The maximum Gasteiger partial charge on any atom is 0.192 e. The smallest absolute Gasteiger partial charge is 0.192 e. The molecule has 3 rings (SSSR count). The zero-order valence-corrected chi connectivity index (χ0v) is 35.7. The third-order valence-corrected chi connectivity index (χ3v) is 20.6. The number of benzene rings is 2. The van der Waals surface area contributed by atoms with Crippen LogP contribution in [0, 0.1) is 5.92 Å². The van der Waals surface area contributed by atoms with Gasteiger partial charge in [0.15, 0.2) is 16.6 Å². The Labute approximate surface area is 312 Å². The summed E-state index contributed by atoms with van der Waals surface area (Å²) in [6, 6.07) is 21.5. The zero-order valence-electron chi connectivity index (χ0n) is 33.7. The van der Waals surface area contributed by atoms with Crippen LogP contribution in [-0.4, -0.2) is 72.1 Å². The molecule has 6 atom stereocenters. The minimum absolute atomic E-state index is 0.00913. The standard InChI is InChI=1S/C42H70O7Si2/c1-12-51(13-2,14-3)49-38(32-46-29-34-18-16-15-17-19-34)28-33(4)39(43)26-27-42(8)40(47-42)25-24-37(48-50(10,11)41(5,6)7)31-45-30-35-20-22-36(44-9)23-21-35/h15-23,26-27,33,37-40,43H,12-14,24-25,28-32H2,1-11H3/b27-26+/t33-,37-,38+,39?,40+,42+/m0/s1. The Kier molecular flexibility index (Phi) is 17.1. The molecule has 288 valence electrons. The van der Waals surface area contributed by atoms with Crippen LogP contribution in [0.5, 0.6) is 5.75 Å². The lowest BCUT2D eigenvalue weighted by atomic mass is 9.95. The van der Waals surface area contributed by atoms with Crippen molar-refractivity contribution in [1.29, 1.82) is 0 Å². The lowest BCUT2D eigenvalue weighted by Crippen LogP contribution is -2.45. The molecular formula is C42H70O7Si2. The first-order chi connectivity index (χ1) is 24.1. The highest BCUT2D eigenvalue weighted by Crippen LogP contribution is 2.42. The highest BCUT2D eigenvalue weighted by Gasteiger charge is 2.50. The molecule has 2 aromatic carbocycles. The van der Waals surface area contributed by atoms with Crippen LogP contribution in [0.1, 0.15) is 85.8 Å². The number of aliphatic hydroxyl groups is 1. The molecule has 1 fully saturated rings. The van der Waals surface area contributed by atoms with Gasteiger partial charge in [-0.2, -0.15) is 0 Å². The normalized spacial score (nSPS) is 20.7. The first-order valence-electron chi connectivity index (χ1n) is 19.3. The summed E-state index contributed by atoms with van der Waals surface area (Å²) in [7, 11) is -2.18. The van der Waals surface area contributed by atoms with Gasteiger partial charge in [-0.15, -0.1) is 0 Å². The quantitative estimate of drug-likeness (QED) is 0.0652. The molecule has 0 radical (unpaired) electrons. The molecular weight excluding hydrogens is 673 g/mol. The summed E-state index contributed by atoms with van der Waals surface area (Å²) in [5.41, 5.74) is 1.87. The van der Waals surface area contributed by atoms with Gasteiger partial charge >= 0.3 is 0 Å². The average Bonchev–Trinajstić information content (AvgIpc) is 3.77. The second kappa shape index (κ2) is 20.0. The van der Waals surface area contributed by atoms with Crippen molar-refractivity contribution in [2.75, 3.05) is 20.3 Å². The molecule has 7 nitrogen and oxygen atoms in total. The summed E-state index contributed by atoms with van der Waals surface area (Å²) in [6.45, 7) is 24.5. The van der Waals surface area contributed by atoms with Crippen LogP contribution in [-0.2, 0) is 36.3 Å². The van der Waals surface area contributed by atoms with Crippen molar-refractivity contribution in [3.05, 3.63) is 77.9 Å². The number of aliphatic hydroxyl groups excluding tert-OH is 1. The van der Waals surface area contributed by atoms with Gasteiger partial charge in [-0.05, 0) is 91.6 Å². The van der Waals surface area contributed by atoms with Gasteiger partial charge in [0.1, 0.15) is 11.4 Å². The van der Waals surface area contributed by atoms with Gasteiger partial charge < -0.3 is 32.9 Å². The van der Waals surface area contributed by atoms with Gasteiger partial charge in [0, 0.05) is 0 Å². The van der Waals surface area contributed by atoms with Crippen molar-refractivity contribution in [2.45, 2.75) is 154 Å². The van der Waals surface area contributed by atoms with Crippen LogP contribution < -0.4 is 4.74 Å². The maximum absolute atomic E-state index is 11.3. The van der Waals surface area contributed by atoms with Gasteiger partial charge in [0.05, 0.1) is 58.0 Å². The average molecular weight is 743 g/mol. The number of ether oxygens (including phenoxy) is 4. The third-order valence-electron chi connectivity index (χ3n) is 11.3. The summed E-state index contributed by atoms with van der Waals surface area (Å²) in [5.74, 6) is 0.849. The van der Waals surface area contributed by atoms with E-state index in [-0.39, 0.29) is 29.3 Å². The highest BCUT2D eigenvalue weighted by atomic mass is 28.4. The maximum atomic E-state index is 11.3. The Morgan fingerprint density at radius 2 is 1.43 bits per heavy atom. The van der Waals surface area contributed by atoms with Crippen LogP contribution in [0.25, 0.3) is 0 Å². The molecule has 1 saturated heterocycles. The van der Waals surface area contributed by atoms with Crippen molar-refractivity contribution in [3.8, 4) is 5.75 Å². The van der Waals surface area contributed by atoms with Crippen molar-refractivity contribution in [2.24, 2.45) is 5.92 Å². The molecule has 2 aromatic rings. The second-order valence-corrected chi connectivity index (χ2v) is 25.8. The minimum Gasteiger partial charge on any atom is -0.497 e. The Hall–Kier alpha value is -1.83. The molecule has 1 unspecified atom stereocenters. The Morgan fingerprint density at radius 1 is 0.863 bits per heavy atom. The molecule has 0 spiro atoms. The van der Waals surface area contributed by atoms with Gasteiger partial charge in [-0.25, -0.2) is 0 Å². The van der Waals surface area contributed by atoms with Gasteiger partial charge in [-0.1, -0.05) is 103 Å². The third kappa shape index (κ3) is 13.8. The van der Waals surface area contributed by atoms with E-state index < -0.39 is 28.3 Å². The van der Waals surface area contributed by atoms with Crippen molar-refractivity contribution in [3.63, 3.8) is 0 Å². The van der Waals surface area contributed by atoms with Gasteiger partial charge in [0.25, 0.3) is 0 Å². The van der Waals surface area contributed by atoms with Crippen LogP contribution in [0.3, 0.4) is 0 Å². The van der Waals surface area contributed by atoms with Crippen molar-refractivity contribution < 1.29 is 32.9 Å². The predicted molar refractivity (Wildman–Crippen MR) is 214 cm³/mol. The number of hydrogen-bond donors (Lipinski definition) is 1. The van der Waals surface area contributed by atoms with E-state index in [0.717, 1.165) is 54.3 Å². The molecule has 1 heterocycles. The Bertz CT molecular complexity index is 1280. The van der Waals surface area contributed by atoms with E-state index in [1.807, 2.05) is 48.5 Å². The zero-order chi connectivity index (χ0) is 37.7. The van der Waals surface area contributed by atoms with E-state index in [0.29, 0.717) is 26.4 Å². The summed E-state index contributed by atoms with van der Waals surface area (Å²) in [5, 5.41) is 11.4. The fraction of sp³-hybridized carbons (Fsp3) is 0.667. The largest absolute Gasteiger partial charge is 0.497 e. The molecule has 1 aliphatic heterocycles. The summed E-state index contributed by atoms with van der Waals surface area (Å²) in [6.07, 6.45) is 5.85. The lowest BCUT2D eigenvalue weighted by Gasteiger charge is -2.39.